The highest BCUT2D eigenvalue weighted by Gasteiger charge is 2.12. The lowest BCUT2D eigenvalue weighted by Gasteiger charge is -2.19. The maximum Gasteiger partial charge on any atom is 0.158 e. The average Bonchev–Trinajstić information content (AvgIpc) is 2.14. The highest BCUT2D eigenvalue weighted by Crippen LogP contribution is 2.16. The molecule has 1 rings (SSSR count). The summed E-state index contributed by atoms with van der Waals surface area (Å²) in [4.78, 5) is 0.335. The van der Waals surface area contributed by atoms with Crippen molar-refractivity contribution in [1.29, 1.82) is 0 Å². The van der Waals surface area contributed by atoms with Gasteiger partial charge in [0.2, 0.25) is 0 Å². The molecular formula is C10H16N4S. The molecule has 1 heterocycles. The number of nitrogens with zero attached hydrogens (tertiary/aromatic N) is 2. The monoisotopic (exact) mass is 224 g/mol. The van der Waals surface area contributed by atoms with E-state index in [1.54, 1.807) is 12.3 Å². The van der Waals surface area contributed by atoms with Gasteiger partial charge in [0.15, 0.2) is 5.82 Å². The second-order valence-electron chi connectivity index (χ2n) is 4.57. The van der Waals surface area contributed by atoms with Gasteiger partial charge in [0.1, 0.15) is 4.99 Å². The fraction of sp³-hybridized carbons (Fsp3) is 0.500. The molecule has 3 N–H and O–H groups in total. The Morgan fingerprint density at radius 1 is 1.53 bits per heavy atom. The van der Waals surface area contributed by atoms with E-state index in [2.05, 4.69) is 36.3 Å². The summed E-state index contributed by atoms with van der Waals surface area (Å²) in [6, 6.07) is 1.76. The Morgan fingerprint density at radius 3 is 2.73 bits per heavy atom. The van der Waals surface area contributed by atoms with E-state index < -0.39 is 0 Å². The first kappa shape index (κ1) is 11.8. The van der Waals surface area contributed by atoms with E-state index in [1.807, 2.05) is 0 Å². The summed E-state index contributed by atoms with van der Waals surface area (Å²) >= 11 is 4.93. The second kappa shape index (κ2) is 4.53. The molecule has 0 amide bonds. The minimum atomic E-state index is 0.172. The molecular weight excluding hydrogens is 208 g/mol. The molecule has 0 spiro atoms. The average molecular weight is 224 g/mol. The zero-order valence-electron chi connectivity index (χ0n) is 9.24. The molecule has 0 atom stereocenters. The van der Waals surface area contributed by atoms with Gasteiger partial charge in [-0.25, -0.2) is 0 Å². The van der Waals surface area contributed by atoms with E-state index >= 15 is 0 Å². The second-order valence-corrected chi connectivity index (χ2v) is 5.01. The Morgan fingerprint density at radius 2 is 2.20 bits per heavy atom. The number of aromatic nitrogens is 2. The van der Waals surface area contributed by atoms with E-state index in [0.717, 1.165) is 12.1 Å². The first-order valence-electron chi connectivity index (χ1n) is 4.75. The minimum Gasteiger partial charge on any atom is -0.389 e. The molecule has 0 bridgehead atoms. The molecule has 5 heteroatoms. The van der Waals surface area contributed by atoms with Crippen LogP contribution in [0.1, 0.15) is 26.3 Å². The van der Waals surface area contributed by atoms with E-state index in [4.69, 9.17) is 18.0 Å². The van der Waals surface area contributed by atoms with Gasteiger partial charge in [-0.3, -0.25) is 0 Å². The molecule has 1 aromatic rings. The van der Waals surface area contributed by atoms with Crippen LogP contribution in [0.3, 0.4) is 0 Å². The van der Waals surface area contributed by atoms with Gasteiger partial charge in [0.05, 0.1) is 11.8 Å². The van der Waals surface area contributed by atoms with Crippen molar-refractivity contribution < 1.29 is 0 Å². The summed E-state index contributed by atoms with van der Waals surface area (Å²) in [6.45, 7) is 7.20. The first-order valence-corrected chi connectivity index (χ1v) is 5.16. The summed E-state index contributed by atoms with van der Waals surface area (Å²) in [6.07, 6.45) is 1.58. The molecule has 4 nitrogen and oxygen atoms in total. The van der Waals surface area contributed by atoms with Crippen LogP contribution < -0.4 is 11.1 Å². The lowest BCUT2D eigenvalue weighted by atomic mass is 9.97. The van der Waals surface area contributed by atoms with E-state index in [-0.39, 0.29) is 5.41 Å². The van der Waals surface area contributed by atoms with Gasteiger partial charge in [0, 0.05) is 6.54 Å². The number of hydrogen-bond acceptors (Lipinski definition) is 4. The van der Waals surface area contributed by atoms with Crippen LogP contribution in [0.4, 0.5) is 5.82 Å². The van der Waals surface area contributed by atoms with Gasteiger partial charge < -0.3 is 11.1 Å². The van der Waals surface area contributed by atoms with Crippen molar-refractivity contribution in [3.8, 4) is 0 Å². The van der Waals surface area contributed by atoms with E-state index in [0.29, 0.717) is 10.8 Å². The molecule has 82 valence electrons. The molecule has 0 radical (unpaired) electrons. The molecule has 0 aliphatic rings. The number of rotatable bonds is 3. The summed E-state index contributed by atoms with van der Waals surface area (Å²) in [5, 5.41) is 11.0. The third-order valence-corrected chi connectivity index (χ3v) is 1.99. The third kappa shape index (κ3) is 3.79. The Balaban J connectivity index is 2.81. The smallest absolute Gasteiger partial charge is 0.158 e. The molecule has 15 heavy (non-hydrogen) atoms. The Hall–Kier alpha value is -1.23. The van der Waals surface area contributed by atoms with Crippen molar-refractivity contribution in [2.24, 2.45) is 11.1 Å². The maximum absolute atomic E-state index is 5.58. The molecule has 0 saturated heterocycles. The van der Waals surface area contributed by atoms with Crippen LogP contribution in [0.15, 0.2) is 12.3 Å². The van der Waals surface area contributed by atoms with Crippen molar-refractivity contribution in [2.75, 3.05) is 11.9 Å². The predicted octanol–water partition coefficient (Wildman–Crippen LogP) is 1.57. The van der Waals surface area contributed by atoms with Crippen LogP contribution in [0, 0.1) is 5.41 Å². The van der Waals surface area contributed by atoms with Gasteiger partial charge >= 0.3 is 0 Å². The van der Waals surface area contributed by atoms with Gasteiger partial charge in [-0.15, -0.1) is 5.10 Å². The summed E-state index contributed by atoms with van der Waals surface area (Å²) < 4.78 is 0. The third-order valence-electron chi connectivity index (χ3n) is 1.77. The molecule has 0 fully saturated rings. The quantitative estimate of drug-likeness (QED) is 0.763. The normalized spacial score (nSPS) is 11.1. The fourth-order valence-corrected chi connectivity index (χ4v) is 1.17. The van der Waals surface area contributed by atoms with Gasteiger partial charge in [-0.1, -0.05) is 33.0 Å². The first-order chi connectivity index (χ1) is 6.90. The minimum absolute atomic E-state index is 0.172. The van der Waals surface area contributed by atoms with Gasteiger partial charge in [-0.05, 0) is 11.5 Å². The fourth-order valence-electron chi connectivity index (χ4n) is 1.01. The predicted molar refractivity (Wildman–Crippen MR) is 65.9 cm³/mol. The Kier molecular flexibility index (Phi) is 3.57. The topological polar surface area (TPSA) is 63.8 Å². The van der Waals surface area contributed by atoms with Crippen molar-refractivity contribution >= 4 is 23.0 Å². The summed E-state index contributed by atoms with van der Waals surface area (Å²) in [7, 11) is 0. The van der Waals surface area contributed by atoms with Crippen LogP contribution in [-0.4, -0.2) is 21.7 Å². The highest BCUT2D eigenvalue weighted by molar-refractivity contribution is 7.80. The Labute approximate surface area is 95.3 Å². The lowest BCUT2D eigenvalue weighted by molar-refractivity contribution is 0.442. The number of nitrogens with two attached hydrogens (primary N) is 1. The standard InChI is InChI=1S/C10H16N4S/c1-10(2,3)6-12-9-7(8(11)15)4-5-13-14-9/h4-5H,6H2,1-3H3,(H2,11,15)(H,12,14). The molecule has 0 saturated carbocycles. The number of hydrogen-bond donors (Lipinski definition) is 2. The van der Waals surface area contributed by atoms with Crippen molar-refractivity contribution in [1.82, 2.24) is 10.2 Å². The van der Waals surface area contributed by atoms with Crippen LogP contribution in [0.5, 0.6) is 0 Å². The van der Waals surface area contributed by atoms with Crippen molar-refractivity contribution in [2.45, 2.75) is 20.8 Å². The highest BCUT2D eigenvalue weighted by atomic mass is 32.1. The van der Waals surface area contributed by atoms with Gasteiger partial charge in [-0.2, -0.15) is 5.10 Å². The largest absolute Gasteiger partial charge is 0.389 e. The SMILES string of the molecule is CC(C)(C)CNc1nnccc1C(N)=S. The number of thiocarbonyl (C=S) groups is 1. The maximum atomic E-state index is 5.58. The van der Waals surface area contributed by atoms with Crippen molar-refractivity contribution in [3.63, 3.8) is 0 Å². The van der Waals surface area contributed by atoms with E-state index in [1.165, 1.54) is 0 Å². The molecule has 0 aliphatic heterocycles. The number of anilines is 1. The molecule has 1 aromatic heterocycles. The zero-order valence-corrected chi connectivity index (χ0v) is 10.1. The van der Waals surface area contributed by atoms with Crippen LogP contribution in [-0.2, 0) is 0 Å². The zero-order chi connectivity index (χ0) is 11.5. The van der Waals surface area contributed by atoms with Crippen LogP contribution in [0.25, 0.3) is 0 Å². The molecule has 0 aromatic carbocycles. The van der Waals surface area contributed by atoms with Crippen molar-refractivity contribution in [3.05, 3.63) is 17.8 Å². The van der Waals surface area contributed by atoms with Crippen LogP contribution in [0.2, 0.25) is 0 Å². The van der Waals surface area contributed by atoms with E-state index in [9.17, 15) is 0 Å². The summed E-state index contributed by atoms with van der Waals surface area (Å²) in [5.74, 6) is 0.653. The summed E-state index contributed by atoms with van der Waals surface area (Å²) in [5.41, 5.74) is 6.49. The molecule has 0 unspecified atom stereocenters. The van der Waals surface area contributed by atoms with Gasteiger partial charge in [0.25, 0.3) is 0 Å². The Bertz CT molecular complexity index is 357. The number of nitrogens with one attached hydrogen (secondary N) is 1. The lowest BCUT2D eigenvalue weighted by Crippen LogP contribution is -2.22. The van der Waals surface area contributed by atoms with Crippen LogP contribution >= 0.6 is 12.2 Å². The molecule has 0 aliphatic carbocycles.